The van der Waals surface area contributed by atoms with Gasteiger partial charge in [-0.3, -0.25) is 10.1 Å². The summed E-state index contributed by atoms with van der Waals surface area (Å²) in [4.78, 5) is 16.8. The molecule has 122 valence electrons. The average molecular weight is 297 g/mol. The van der Waals surface area contributed by atoms with Crippen molar-refractivity contribution in [3.8, 4) is 0 Å². The standard InChI is InChI=1S/C16H31N3O2/c1-15(14(20)21-5,17-13-7-8-13)11-19(4)12-16(18(2)3)9-6-10-16/h13,17H,6-12H2,1-5H3. The van der Waals surface area contributed by atoms with Crippen LogP contribution in [0.3, 0.4) is 0 Å². The lowest BCUT2D eigenvalue weighted by molar-refractivity contribution is -0.149. The summed E-state index contributed by atoms with van der Waals surface area (Å²) in [6, 6.07) is 0.481. The molecule has 5 nitrogen and oxygen atoms in total. The summed E-state index contributed by atoms with van der Waals surface area (Å²) >= 11 is 0. The van der Waals surface area contributed by atoms with Crippen molar-refractivity contribution in [2.45, 2.75) is 56.1 Å². The molecule has 2 rings (SSSR count). The van der Waals surface area contributed by atoms with E-state index in [0.717, 1.165) is 19.4 Å². The fraction of sp³-hybridized carbons (Fsp3) is 0.938. The first kappa shape index (κ1) is 16.7. The summed E-state index contributed by atoms with van der Waals surface area (Å²) in [6.07, 6.45) is 6.13. The van der Waals surface area contributed by atoms with E-state index < -0.39 is 5.54 Å². The van der Waals surface area contributed by atoms with E-state index in [1.165, 1.54) is 26.4 Å². The highest BCUT2D eigenvalue weighted by Crippen LogP contribution is 2.37. The lowest BCUT2D eigenvalue weighted by Gasteiger charge is -2.50. The van der Waals surface area contributed by atoms with Crippen LogP contribution in [0.4, 0.5) is 0 Å². The summed E-state index contributed by atoms with van der Waals surface area (Å²) in [6.45, 7) is 3.65. The molecular formula is C16H31N3O2. The van der Waals surface area contributed by atoms with Gasteiger partial charge in [0.15, 0.2) is 0 Å². The van der Waals surface area contributed by atoms with Gasteiger partial charge in [0.05, 0.1) is 7.11 Å². The Morgan fingerprint density at radius 2 is 1.95 bits per heavy atom. The second-order valence-electron chi connectivity index (χ2n) is 7.39. The van der Waals surface area contributed by atoms with E-state index in [4.69, 9.17) is 4.74 Å². The number of methoxy groups -OCH3 is 1. The first-order valence-electron chi connectivity index (χ1n) is 8.03. The van der Waals surface area contributed by atoms with Gasteiger partial charge in [0.1, 0.15) is 5.54 Å². The molecule has 0 radical (unpaired) electrons. The third-order valence-corrected chi connectivity index (χ3v) is 5.12. The number of esters is 1. The van der Waals surface area contributed by atoms with Gasteiger partial charge in [-0.2, -0.15) is 0 Å². The van der Waals surface area contributed by atoms with Crippen LogP contribution in [0.1, 0.15) is 39.0 Å². The lowest BCUT2D eigenvalue weighted by atomic mass is 9.75. The molecule has 0 aromatic carbocycles. The van der Waals surface area contributed by atoms with Crippen molar-refractivity contribution in [3.05, 3.63) is 0 Å². The van der Waals surface area contributed by atoms with Crippen molar-refractivity contribution in [1.82, 2.24) is 15.1 Å². The molecule has 0 amide bonds. The van der Waals surface area contributed by atoms with Crippen molar-refractivity contribution in [1.29, 1.82) is 0 Å². The van der Waals surface area contributed by atoms with Crippen LogP contribution >= 0.6 is 0 Å². The number of nitrogens with zero attached hydrogens (tertiary/aromatic N) is 2. The SMILES string of the molecule is COC(=O)C(C)(CN(C)CC1(N(C)C)CCC1)NC1CC1. The predicted molar refractivity (Wildman–Crippen MR) is 84.3 cm³/mol. The van der Waals surface area contributed by atoms with E-state index in [1.54, 1.807) is 0 Å². The van der Waals surface area contributed by atoms with Crippen molar-refractivity contribution in [2.24, 2.45) is 0 Å². The highest BCUT2D eigenvalue weighted by atomic mass is 16.5. The number of carbonyl (C=O) groups is 1. The van der Waals surface area contributed by atoms with Crippen LogP contribution in [0.5, 0.6) is 0 Å². The average Bonchev–Trinajstić information content (AvgIpc) is 3.15. The molecule has 1 atom stereocenters. The number of nitrogens with one attached hydrogen (secondary N) is 1. The molecule has 5 heteroatoms. The Labute approximate surface area is 129 Å². The van der Waals surface area contributed by atoms with Gasteiger partial charge in [0, 0.05) is 24.7 Å². The third-order valence-electron chi connectivity index (χ3n) is 5.12. The summed E-state index contributed by atoms with van der Waals surface area (Å²) in [5, 5.41) is 3.47. The van der Waals surface area contributed by atoms with Gasteiger partial charge in [0.25, 0.3) is 0 Å². The van der Waals surface area contributed by atoms with Gasteiger partial charge in [-0.1, -0.05) is 0 Å². The van der Waals surface area contributed by atoms with Crippen LogP contribution in [0.15, 0.2) is 0 Å². The minimum atomic E-state index is -0.609. The number of likely N-dealkylation sites (N-methyl/N-ethyl adjacent to an activating group) is 2. The van der Waals surface area contributed by atoms with E-state index >= 15 is 0 Å². The predicted octanol–water partition coefficient (Wildman–Crippen LogP) is 1.09. The monoisotopic (exact) mass is 297 g/mol. The van der Waals surface area contributed by atoms with E-state index in [-0.39, 0.29) is 11.5 Å². The minimum Gasteiger partial charge on any atom is -0.468 e. The molecule has 0 aromatic rings. The van der Waals surface area contributed by atoms with Crippen LogP contribution in [0, 0.1) is 0 Å². The second kappa shape index (κ2) is 6.23. The molecule has 2 fully saturated rings. The number of hydrogen-bond donors (Lipinski definition) is 1. The van der Waals surface area contributed by atoms with Gasteiger partial charge in [0.2, 0.25) is 0 Å². The summed E-state index contributed by atoms with van der Waals surface area (Å²) in [5.74, 6) is -0.159. The molecule has 1 unspecified atom stereocenters. The lowest BCUT2D eigenvalue weighted by Crippen LogP contribution is -2.62. The molecule has 0 aromatic heterocycles. The minimum absolute atomic E-state index is 0.159. The molecule has 0 aliphatic heterocycles. The van der Waals surface area contributed by atoms with Crippen molar-refractivity contribution in [3.63, 3.8) is 0 Å². The first-order chi connectivity index (χ1) is 9.81. The zero-order valence-electron chi connectivity index (χ0n) is 14.2. The summed E-state index contributed by atoms with van der Waals surface area (Å²) in [7, 11) is 7.91. The molecule has 0 heterocycles. The van der Waals surface area contributed by atoms with Crippen LogP contribution < -0.4 is 5.32 Å². The fourth-order valence-electron chi connectivity index (χ4n) is 3.50. The largest absolute Gasteiger partial charge is 0.468 e. The second-order valence-corrected chi connectivity index (χ2v) is 7.39. The quantitative estimate of drug-likeness (QED) is 0.679. The third kappa shape index (κ3) is 3.76. The Morgan fingerprint density at radius 3 is 2.33 bits per heavy atom. The first-order valence-corrected chi connectivity index (χ1v) is 8.03. The molecule has 2 saturated carbocycles. The molecule has 0 bridgehead atoms. The van der Waals surface area contributed by atoms with Gasteiger partial charge in [-0.15, -0.1) is 0 Å². The summed E-state index contributed by atoms with van der Waals surface area (Å²) < 4.78 is 5.02. The van der Waals surface area contributed by atoms with Crippen molar-refractivity contribution < 1.29 is 9.53 Å². The maximum Gasteiger partial charge on any atom is 0.327 e. The number of hydrogen-bond acceptors (Lipinski definition) is 5. The van der Waals surface area contributed by atoms with Gasteiger partial charge >= 0.3 is 5.97 Å². The van der Waals surface area contributed by atoms with Crippen molar-refractivity contribution in [2.75, 3.05) is 41.3 Å². The van der Waals surface area contributed by atoms with Gasteiger partial charge < -0.3 is 14.5 Å². The zero-order chi connectivity index (χ0) is 15.7. The van der Waals surface area contributed by atoms with E-state index in [1.807, 2.05) is 6.92 Å². The Hall–Kier alpha value is -0.650. The van der Waals surface area contributed by atoms with Crippen LogP contribution in [0.2, 0.25) is 0 Å². The molecule has 0 saturated heterocycles. The van der Waals surface area contributed by atoms with Crippen LogP contribution in [0.25, 0.3) is 0 Å². The fourth-order valence-corrected chi connectivity index (χ4v) is 3.50. The van der Waals surface area contributed by atoms with Crippen LogP contribution in [-0.2, 0) is 9.53 Å². The van der Waals surface area contributed by atoms with Crippen molar-refractivity contribution >= 4 is 5.97 Å². The summed E-state index contributed by atoms with van der Waals surface area (Å²) in [5.41, 5.74) is -0.326. The van der Waals surface area contributed by atoms with Gasteiger partial charge in [-0.25, -0.2) is 0 Å². The normalized spacial score (nSPS) is 23.8. The maximum atomic E-state index is 12.2. The van der Waals surface area contributed by atoms with Gasteiger partial charge in [-0.05, 0) is 60.2 Å². The molecule has 2 aliphatic carbocycles. The number of rotatable bonds is 8. The molecule has 0 spiro atoms. The smallest absolute Gasteiger partial charge is 0.327 e. The molecule has 21 heavy (non-hydrogen) atoms. The Balaban J connectivity index is 1.97. The highest BCUT2D eigenvalue weighted by molar-refractivity contribution is 5.80. The Kier molecular flexibility index (Phi) is 4.96. The van der Waals surface area contributed by atoms with E-state index in [2.05, 4.69) is 36.3 Å². The Bertz CT molecular complexity index is 378. The molecular weight excluding hydrogens is 266 g/mol. The number of ether oxygens (including phenoxy) is 1. The highest BCUT2D eigenvalue weighted by Gasteiger charge is 2.44. The topological polar surface area (TPSA) is 44.8 Å². The molecule has 1 N–H and O–H groups in total. The number of carbonyl (C=O) groups excluding carboxylic acids is 1. The van der Waals surface area contributed by atoms with E-state index in [0.29, 0.717) is 12.6 Å². The zero-order valence-corrected chi connectivity index (χ0v) is 14.2. The molecule has 2 aliphatic rings. The maximum absolute atomic E-state index is 12.2. The van der Waals surface area contributed by atoms with Crippen LogP contribution in [-0.4, -0.2) is 74.2 Å². The Morgan fingerprint density at radius 1 is 1.33 bits per heavy atom. The van der Waals surface area contributed by atoms with E-state index in [9.17, 15) is 4.79 Å².